The van der Waals surface area contributed by atoms with E-state index in [-0.39, 0.29) is 17.5 Å². The van der Waals surface area contributed by atoms with Crippen LogP contribution in [0, 0.1) is 62.6 Å². The minimum atomic E-state index is -0.0255. The molecular weight excluding hydrogens is 543 g/mol. The van der Waals surface area contributed by atoms with E-state index in [9.17, 15) is 4.79 Å². The zero-order valence-corrected chi connectivity index (χ0v) is 26.2. The fourth-order valence-electron chi connectivity index (χ4n) is 12.1. The van der Waals surface area contributed by atoms with Crippen LogP contribution in [0.3, 0.4) is 0 Å². The molecule has 10 atom stereocenters. The summed E-state index contributed by atoms with van der Waals surface area (Å²) in [5.41, 5.74) is 1.93. The molecule has 0 N–H and O–H groups in total. The van der Waals surface area contributed by atoms with Crippen molar-refractivity contribution < 1.29 is 9.53 Å². The molecular formula is C32H53IO2. The highest BCUT2D eigenvalue weighted by Gasteiger charge is 2.70. The Kier molecular flexibility index (Phi) is 6.58. The monoisotopic (exact) mass is 596 g/mol. The summed E-state index contributed by atoms with van der Waals surface area (Å²) in [6, 6.07) is 0. The number of hydrogen-bond donors (Lipinski definition) is 0. The predicted molar refractivity (Wildman–Crippen MR) is 153 cm³/mol. The van der Waals surface area contributed by atoms with Gasteiger partial charge >= 0.3 is 5.97 Å². The lowest BCUT2D eigenvalue weighted by Crippen LogP contribution is -2.66. The first-order valence-electron chi connectivity index (χ1n) is 15.0. The predicted octanol–water partition coefficient (Wildman–Crippen LogP) is 9.09. The number of hydrogen-bond acceptors (Lipinski definition) is 2. The van der Waals surface area contributed by atoms with Gasteiger partial charge < -0.3 is 4.74 Å². The third kappa shape index (κ3) is 3.60. The van der Waals surface area contributed by atoms with E-state index in [4.69, 9.17) is 4.74 Å². The molecule has 0 amide bonds. The van der Waals surface area contributed by atoms with E-state index in [1.54, 1.807) is 0 Å². The summed E-state index contributed by atoms with van der Waals surface area (Å²) in [6.07, 6.45) is 13.8. The number of carbonyl (C=O) groups excluding carboxylic acids is 1. The second kappa shape index (κ2) is 8.60. The Morgan fingerprint density at radius 3 is 2.20 bits per heavy atom. The quantitative estimate of drug-likeness (QED) is 0.185. The van der Waals surface area contributed by atoms with E-state index in [1.807, 2.05) is 0 Å². The Bertz CT molecular complexity index is 851. The van der Waals surface area contributed by atoms with E-state index < -0.39 is 0 Å². The molecule has 5 aliphatic carbocycles. The number of rotatable bonds is 3. The molecule has 0 radical (unpaired) electrons. The van der Waals surface area contributed by atoms with Crippen molar-refractivity contribution in [2.75, 3.05) is 4.43 Å². The highest BCUT2D eigenvalue weighted by Crippen LogP contribution is 2.77. The zero-order valence-electron chi connectivity index (χ0n) is 24.0. The molecule has 2 nitrogen and oxygen atoms in total. The van der Waals surface area contributed by atoms with Crippen LogP contribution in [0.2, 0.25) is 0 Å². The van der Waals surface area contributed by atoms with Gasteiger partial charge in [-0.1, -0.05) is 78.0 Å². The summed E-state index contributed by atoms with van der Waals surface area (Å²) in [6.45, 7) is 20.7. The molecule has 0 aromatic heterocycles. The standard InChI is InChI=1S/C32H53IO2/c1-20(2)21-11-14-29(5)17-18-31(7)22(27(21)29)9-10-24-30(6)15-13-25(35-26(34)19-33)28(3,4)23(30)12-16-32(24,31)8/h20-25,27H,9-19H2,1-8H3. The van der Waals surface area contributed by atoms with Gasteiger partial charge in [0.15, 0.2) is 0 Å². The summed E-state index contributed by atoms with van der Waals surface area (Å²) in [7, 11) is 0. The molecule has 3 heteroatoms. The first-order chi connectivity index (χ1) is 16.2. The van der Waals surface area contributed by atoms with Gasteiger partial charge in [0.05, 0.1) is 4.43 Å². The van der Waals surface area contributed by atoms with E-state index in [1.165, 1.54) is 57.8 Å². The lowest BCUT2D eigenvalue weighted by molar-refractivity contribution is -0.250. The summed E-state index contributed by atoms with van der Waals surface area (Å²) >= 11 is 2.15. The summed E-state index contributed by atoms with van der Waals surface area (Å²) < 4.78 is 6.53. The van der Waals surface area contributed by atoms with Gasteiger partial charge in [0.25, 0.3) is 0 Å². The molecule has 200 valence electrons. The van der Waals surface area contributed by atoms with Crippen LogP contribution in [0.25, 0.3) is 0 Å². The number of fused-ring (bicyclic) bond motifs is 7. The maximum atomic E-state index is 12.2. The molecule has 0 aromatic rings. The maximum Gasteiger partial charge on any atom is 0.316 e. The average molecular weight is 597 g/mol. The van der Waals surface area contributed by atoms with Crippen LogP contribution < -0.4 is 0 Å². The van der Waals surface area contributed by atoms with Gasteiger partial charge in [-0.05, 0) is 121 Å². The molecule has 0 aromatic carbocycles. The van der Waals surface area contributed by atoms with Gasteiger partial charge in [-0.2, -0.15) is 0 Å². The van der Waals surface area contributed by atoms with Crippen LogP contribution in [0.15, 0.2) is 0 Å². The molecule has 5 fully saturated rings. The molecule has 0 spiro atoms. The summed E-state index contributed by atoms with van der Waals surface area (Å²) in [5.74, 6) is 5.03. The molecule has 0 bridgehead atoms. The Labute approximate surface area is 230 Å². The molecule has 10 unspecified atom stereocenters. The van der Waals surface area contributed by atoms with Gasteiger partial charge in [0.1, 0.15) is 6.10 Å². The second-order valence-corrected chi connectivity index (χ2v) is 16.5. The average Bonchev–Trinajstić information content (AvgIpc) is 3.14. The Morgan fingerprint density at radius 1 is 0.829 bits per heavy atom. The number of esters is 1. The fourth-order valence-corrected chi connectivity index (χ4v) is 12.3. The van der Waals surface area contributed by atoms with Crippen LogP contribution >= 0.6 is 22.6 Å². The van der Waals surface area contributed by atoms with Crippen LogP contribution in [0.4, 0.5) is 0 Å². The first kappa shape index (κ1) is 26.8. The topological polar surface area (TPSA) is 26.3 Å². The first-order valence-corrected chi connectivity index (χ1v) is 16.5. The third-order valence-corrected chi connectivity index (χ3v) is 14.7. The van der Waals surface area contributed by atoms with Crippen molar-refractivity contribution in [1.29, 1.82) is 0 Å². The van der Waals surface area contributed by atoms with Crippen LogP contribution in [-0.2, 0) is 9.53 Å². The third-order valence-electron chi connectivity index (χ3n) is 14.1. The van der Waals surface area contributed by atoms with Gasteiger partial charge in [-0.15, -0.1) is 0 Å². The van der Waals surface area contributed by atoms with Gasteiger partial charge in [0, 0.05) is 5.41 Å². The highest BCUT2D eigenvalue weighted by molar-refractivity contribution is 14.1. The van der Waals surface area contributed by atoms with Crippen LogP contribution in [-0.4, -0.2) is 16.5 Å². The number of alkyl halides is 1. The molecule has 5 saturated carbocycles. The normalized spacial score (nSPS) is 52.7. The van der Waals surface area contributed by atoms with Crippen molar-refractivity contribution in [2.45, 2.75) is 126 Å². The largest absolute Gasteiger partial charge is 0.461 e. The number of carbonyl (C=O) groups is 1. The number of ether oxygens (including phenoxy) is 1. The minimum Gasteiger partial charge on any atom is -0.461 e. The van der Waals surface area contributed by atoms with Crippen molar-refractivity contribution in [3.63, 3.8) is 0 Å². The van der Waals surface area contributed by atoms with Crippen molar-refractivity contribution >= 4 is 28.6 Å². The molecule has 0 aliphatic heterocycles. The Morgan fingerprint density at radius 2 is 1.54 bits per heavy atom. The number of halogens is 1. The van der Waals surface area contributed by atoms with Crippen molar-refractivity contribution in [3.8, 4) is 0 Å². The SMILES string of the molecule is CC(C)C1CCC2(C)CCC3(C)C(CCC4C5(C)CCC(OC(=O)CI)C(C)(C)C5CCC43C)C12. The highest BCUT2D eigenvalue weighted by atomic mass is 127. The molecule has 35 heavy (non-hydrogen) atoms. The second-order valence-electron chi connectivity index (χ2n) is 15.8. The molecule has 5 rings (SSSR count). The summed E-state index contributed by atoms with van der Waals surface area (Å²) in [5, 5.41) is 0. The minimum absolute atomic E-state index is 0.0255. The van der Waals surface area contributed by atoms with E-state index in [2.05, 4.69) is 78.0 Å². The Hall–Kier alpha value is 0.200. The van der Waals surface area contributed by atoms with Gasteiger partial charge in [-0.25, -0.2) is 0 Å². The van der Waals surface area contributed by atoms with Crippen molar-refractivity contribution in [1.82, 2.24) is 0 Å². The van der Waals surface area contributed by atoms with E-state index in [0.717, 1.165) is 36.0 Å². The van der Waals surface area contributed by atoms with Crippen molar-refractivity contribution in [2.24, 2.45) is 62.6 Å². The van der Waals surface area contributed by atoms with Gasteiger partial charge in [-0.3, -0.25) is 4.79 Å². The van der Waals surface area contributed by atoms with E-state index >= 15 is 0 Å². The van der Waals surface area contributed by atoms with Crippen molar-refractivity contribution in [3.05, 3.63) is 0 Å². The summed E-state index contributed by atoms with van der Waals surface area (Å²) in [4.78, 5) is 12.2. The van der Waals surface area contributed by atoms with E-state index in [0.29, 0.717) is 32.0 Å². The van der Waals surface area contributed by atoms with Crippen LogP contribution in [0.1, 0.15) is 120 Å². The molecule has 5 aliphatic rings. The Balaban J connectivity index is 1.47. The van der Waals surface area contributed by atoms with Gasteiger partial charge in [0.2, 0.25) is 0 Å². The maximum absolute atomic E-state index is 12.2. The smallest absolute Gasteiger partial charge is 0.316 e. The zero-order chi connectivity index (χ0) is 25.6. The molecule has 0 saturated heterocycles. The van der Waals surface area contributed by atoms with Crippen LogP contribution in [0.5, 0.6) is 0 Å². The molecule has 0 heterocycles. The lowest BCUT2D eigenvalue weighted by atomic mass is 9.32. The fraction of sp³-hybridized carbons (Fsp3) is 0.969. The lowest BCUT2D eigenvalue weighted by Gasteiger charge is -2.73.